The van der Waals surface area contributed by atoms with Crippen LogP contribution in [0.25, 0.3) is 0 Å². The first-order chi connectivity index (χ1) is 5.83. The Labute approximate surface area is 75.2 Å². The lowest BCUT2D eigenvalue weighted by molar-refractivity contribution is 0.0850. The SMILES string of the molecule is CCCCCC1(CCCC)OO1. The lowest BCUT2D eigenvalue weighted by atomic mass is 10.0. The maximum Gasteiger partial charge on any atom is 0.234 e. The molecule has 0 aromatic carbocycles. The summed E-state index contributed by atoms with van der Waals surface area (Å²) in [4.78, 5) is 10.1. The maximum atomic E-state index is 5.04. The highest BCUT2D eigenvalue weighted by Gasteiger charge is 2.46. The lowest BCUT2D eigenvalue weighted by Crippen LogP contribution is -2.09. The van der Waals surface area contributed by atoms with Crippen LogP contribution in [0.2, 0.25) is 0 Å². The molecule has 0 N–H and O–H groups in total. The summed E-state index contributed by atoms with van der Waals surface area (Å²) in [5.41, 5.74) is 0. The van der Waals surface area contributed by atoms with Gasteiger partial charge in [-0.05, 0) is 12.8 Å². The highest BCUT2D eigenvalue weighted by atomic mass is 17.4. The molecule has 1 heterocycles. The molecule has 2 heteroatoms. The van der Waals surface area contributed by atoms with E-state index in [0.29, 0.717) is 0 Å². The molecule has 12 heavy (non-hydrogen) atoms. The van der Waals surface area contributed by atoms with Crippen molar-refractivity contribution in [2.45, 2.75) is 64.6 Å². The van der Waals surface area contributed by atoms with E-state index in [1.54, 1.807) is 0 Å². The molecule has 2 nitrogen and oxygen atoms in total. The molecule has 0 aromatic heterocycles. The quantitative estimate of drug-likeness (QED) is 0.334. The van der Waals surface area contributed by atoms with Crippen molar-refractivity contribution in [1.29, 1.82) is 0 Å². The van der Waals surface area contributed by atoms with Gasteiger partial charge in [-0.25, -0.2) is 0 Å². The van der Waals surface area contributed by atoms with Crippen LogP contribution < -0.4 is 0 Å². The highest BCUT2D eigenvalue weighted by molar-refractivity contribution is 4.73. The molecule has 0 unspecified atom stereocenters. The normalized spacial score (nSPS) is 19.5. The third kappa shape index (κ3) is 3.11. The first-order valence-corrected chi connectivity index (χ1v) is 5.20. The molecule has 0 saturated carbocycles. The van der Waals surface area contributed by atoms with E-state index in [9.17, 15) is 0 Å². The van der Waals surface area contributed by atoms with E-state index < -0.39 is 0 Å². The number of hydrogen-bond donors (Lipinski definition) is 0. The Kier molecular flexibility index (Phi) is 4.02. The minimum Gasteiger partial charge on any atom is -0.195 e. The van der Waals surface area contributed by atoms with Crippen molar-refractivity contribution in [3.63, 3.8) is 0 Å². The second-order valence-corrected chi connectivity index (χ2v) is 3.64. The summed E-state index contributed by atoms with van der Waals surface area (Å²) in [6.45, 7) is 4.41. The van der Waals surface area contributed by atoms with Crippen molar-refractivity contribution >= 4 is 0 Å². The van der Waals surface area contributed by atoms with E-state index in [0.717, 1.165) is 12.8 Å². The zero-order chi connectivity index (χ0) is 8.86. The van der Waals surface area contributed by atoms with Gasteiger partial charge in [0.15, 0.2) is 0 Å². The van der Waals surface area contributed by atoms with Crippen LogP contribution in [-0.4, -0.2) is 5.79 Å². The molecule has 1 aliphatic heterocycles. The molecular weight excluding hydrogens is 152 g/mol. The Morgan fingerprint density at radius 2 is 1.42 bits per heavy atom. The van der Waals surface area contributed by atoms with E-state index in [1.807, 2.05) is 0 Å². The standard InChI is InChI=1S/C10H20O2/c1-3-5-7-9-10(11-12-10)8-6-4-2/h3-9H2,1-2H3. The minimum absolute atomic E-state index is 0.148. The van der Waals surface area contributed by atoms with E-state index >= 15 is 0 Å². The molecule has 0 aliphatic carbocycles. The molecule has 0 amide bonds. The van der Waals surface area contributed by atoms with Crippen LogP contribution in [0, 0.1) is 0 Å². The number of unbranched alkanes of at least 4 members (excludes halogenated alkanes) is 3. The molecule has 1 saturated heterocycles. The van der Waals surface area contributed by atoms with Gasteiger partial charge in [0.05, 0.1) is 0 Å². The highest BCUT2D eigenvalue weighted by Crippen LogP contribution is 2.39. The Balaban J connectivity index is 2.04. The van der Waals surface area contributed by atoms with Gasteiger partial charge in [-0.2, -0.15) is 9.78 Å². The Morgan fingerprint density at radius 3 is 1.92 bits per heavy atom. The molecule has 0 atom stereocenters. The predicted molar refractivity (Wildman–Crippen MR) is 48.6 cm³/mol. The molecule has 1 rings (SSSR count). The number of rotatable bonds is 7. The van der Waals surface area contributed by atoms with E-state index in [4.69, 9.17) is 9.78 Å². The summed E-state index contributed by atoms with van der Waals surface area (Å²) >= 11 is 0. The van der Waals surface area contributed by atoms with Crippen molar-refractivity contribution in [2.24, 2.45) is 0 Å². The van der Waals surface area contributed by atoms with Crippen LogP contribution in [0.5, 0.6) is 0 Å². The van der Waals surface area contributed by atoms with E-state index in [1.165, 1.54) is 32.1 Å². The van der Waals surface area contributed by atoms with Crippen molar-refractivity contribution < 1.29 is 9.78 Å². The fraction of sp³-hybridized carbons (Fsp3) is 1.00. The molecule has 72 valence electrons. The van der Waals surface area contributed by atoms with Gasteiger partial charge < -0.3 is 0 Å². The Hall–Kier alpha value is -0.0800. The Morgan fingerprint density at radius 1 is 0.833 bits per heavy atom. The van der Waals surface area contributed by atoms with Crippen LogP contribution in [-0.2, 0) is 9.78 Å². The third-order valence-electron chi connectivity index (χ3n) is 2.39. The number of hydrogen-bond acceptors (Lipinski definition) is 2. The molecule has 0 bridgehead atoms. The van der Waals surface area contributed by atoms with Crippen LogP contribution in [0.4, 0.5) is 0 Å². The molecule has 0 spiro atoms. The molecule has 0 aromatic rings. The summed E-state index contributed by atoms with van der Waals surface area (Å²) in [5, 5.41) is 0. The van der Waals surface area contributed by atoms with Gasteiger partial charge >= 0.3 is 0 Å². The largest absolute Gasteiger partial charge is 0.234 e. The van der Waals surface area contributed by atoms with Gasteiger partial charge in [0.25, 0.3) is 0 Å². The van der Waals surface area contributed by atoms with Gasteiger partial charge in [0.1, 0.15) is 0 Å². The first kappa shape index (κ1) is 10.0. The van der Waals surface area contributed by atoms with Crippen LogP contribution in [0.1, 0.15) is 58.8 Å². The molecular formula is C10H20O2. The Bertz CT molecular complexity index is 119. The maximum absolute atomic E-state index is 5.04. The topological polar surface area (TPSA) is 25.1 Å². The van der Waals surface area contributed by atoms with Gasteiger partial charge in [0.2, 0.25) is 5.79 Å². The monoisotopic (exact) mass is 172 g/mol. The summed E-state index contributed by atoms with van der Waals surface area (Å²) in [5.74, 6) is -0.148. The van der Waals surface area contributed by atoms with Crippen molar-refractivity contribution in [1.82, 2.24) is 0 Å². The van der Waals surface area contributed by atoms with Crippen LogP contribution in [0.15, 0.2) is 0 Å². The summed E-state index contributed by atoms with van der Waals surface area (Å²) in [7, 11) is 0. The van der Waals surface area contributed by atoms with Crippen molar-refractivity contribution in [2.75, 3.05) is 0 Å². The second-order valence-electron chi connectivity index (χ2n) is 3.64. The average molecular weight is 172 g/mol. The van der Waals surface area contributed by atoms with E-state index in [2.05, 4.69) is 13.8 Å². The fourth-order valence-corrected chi connectivity index (χ4v) is 1.44. The molecule has 1 aliphatic rings. The summed E-state index contributed by atoms with van der Waals surface area (Å²) < 4.78 is 0. The molecule has 1 fully saturated rings. The van der Waals surface area contributed by atoms with Gasteiger partial charge in [-0.1, -0.05) is 33.1 Å². The fourth-order valence-electron chi connectivity index (χ4n) is 1.44. The second kappa shape index (κ2) is 4.83. The van der Waals surface area contributed by atoms with Crippen molar-refractivity contribution in [3.8, 4) is 0 Å². The van der Waals surface area contributed by atoms with Crippen LogP contribution >= 0.6 is 0 Å². The smallest absolute Gasteiger partial charge is 0.195 e. The van der Waals surface area contributed by atoms with Gasteiger partial charge in [-0.3, -0.25) is 0 Å². The van der Waals surface area contributed by atoms with E-state index in [-0.39, 0.29) is 5.79 Å². The predicted octanol–water partition coefficient (Wildman–Crippen LogP) is 3.42. The van der Waals surface area contributed by atoms with Crippen molar-refractivity contribution in [3.05, 3.63) is 0 Å². The van der Waals surface area contributed by atoms with Gasteiger partial charge in [0, 0.05) is 12.8 Å². The average Bonchev–Trinajstić information content (AvgIpc) is 2.83. The zero-order valence-electron chi connectivity index (χ0n) is 8.27. The van der Waals surface area contributed by atoms with Gasteiger partial charge in [-0.15, -0.1) is 0 Å². The van der Waals surface area contributed by atoms with Crippen LogP contribution in [0.3, 0.4) is 0 Å². The lowest BCUT2D eigenvalue weighted by Gasteiger charge is -2.04. The zero-order valence-corrected chi connectivity index (χ0v) is 8.27. The minimum atomic E-state index is -0.148. The third-order valence-corrected chi connectivity index (χ3v) is 2.39. The first-order valence-electron chi connectivity index (χ1n) is 5.20. The summed E-state index contributed by atoms with van der Waals surface area (Å²) in [6, 6.07) is 0. The molecule has 0 radical (unpaired) electrons. The summed E-state index contributed by atoms with van der Waals surface area (Å²) in [6.07, 6.45) is 8.40.